The summed E-state index contributed by atoms with van der Waals surface area (Å²) >= 11 is 0. The summed E-state index contributed by atoms with van der Waals surface area (Å²) in [6, 6.07) is 6.72. The number of hydrogen-bond acceptors (Lipinski definition) is 2. The van der Waals surface area contributed by atoms with E-state index in [-0.39, 0.29) is 0 Å². The summed E-state index contributed by atoms with van der Waals surface area (Å²) < 4.78 is 5.72. The van der Waals surface area contributed by atoms with Crippen LogP contribution in [0.2, 0.25) is 0 Å². The normalized spacial score (nSPS) is 14.5. The van der Waals surface area contributed by atoms with Crippen LogP contribution < -0.4 is 4.74 Å². The Morgan fingerprint density at radius 1 is 1.29 bits per heavy atom. The molecule has 0 bridgehead atoms. The van der Waals surface area contributed by atoms with Crippen LogP contribution in [0.25, 0.3) is 0 Å². The molecule has 0 aliphatic carbocycles. The van der Waals surface area contributed by atoms with Crippen LogP contribution in [0.3, 0.4) is 0 Å². The van der Waals surface area contributed by atoms with Gasteiger partial charge in [0, 0.05) is 6.54 Å². The van der Waals surface area contributed by atoms with Crippen LogP contribution in [0.4, 0.5) is 0 Å². The van der Waals surface area contributed by atoms with E-state index in [1.807, 2.05) is 0 Å². The highest BCUT2D eigenvalue weighted by molar-refractivity contribution is 5.38. The Hall–Kier alpha value is -1.02. The molecule has 1 aromatic carbocycles. The molecular weight excluding hydrogens is 210 g/mol. The van der Waals surface area contributed by atoms with Gasteiger partial charge >= 0.3 is 0 Å². The van der Waals surface area contributed by atoms with E-state index in [0.717, 1.165) is 31.9 Å². The van der Waals surface area contributed by atoms with Crippen LogP contribution in [0.5, 0.6) is 5.75 Å². The van der Waals surface area contributed by atoms with Crippen molar-refractivity contribution < 1.29 is 4.74 Å². The van der Waals surface area contributed by atoms with Crippen molar-refractivity contribution in [3.05, 3.63) is 29.3 Å². The van der Waals surface area contributed by atoms with Gasteiger partial charge in [0.15, 0.2) is 0 Å². The zero-order valence-electron chi connectivity index (χ0n) is 11.0. The summed E-state index contributed by atoms with van der Waals surface area (Å²) in [7, 11) is 0. The smallest absolute Gasteiger partial charge is 0.122 e. The number of benzene rings is 1. The van der Waals surface area contributed by atoms with E-state index in [1.54, 1.807) is 0 Å². The quantitative estimate of drug-likeness (QED) is 0.774. The van der Waals surface area contributed by atoms with Gasteiger partial charge in [-0.05, 0) is 49.5 Å². The number of fused-ring (bicyclic) bond motifs is 1. The predicted molar refractivity (Wildman–Crippen MR) is 71.5 cm³/mol. The SMILES string of the molecule is CCCN(CC)Cc1ccc2c(c1)OCCC2. The van der Waals surface area contributed by atoms with E-state index in [9.17, 15) is 0 Å². The maximum atomic E-state index is 5.72. The van der Waals surface area contributed by atoms with E-state index in [2.05, 4.69) is 36.9 Å². The molecule has 0 atom stereocenters. The fourth-order valence-corrected chi connectivity index (χ4v) is 2.41. The summed E-state index contributed by atoms with van der Waals surface area (Å²) in [5, 5.41) is 0. The molecular formula is C15H23NO. The molecule has 0 fully saturated rings. The van der Waals surface area contributed by atoms with Crippen molar-refractivity contribution in [2.45, 2.75) is 39.7 Å². The van der Waals surface area contributed by atoms with E-state index >= 15 is 0 Å². The lowest BCUT2D eigenvalue weighted by Crippen LogP contribution is -2.23. The van der Waals surface area contributed by atoms with Gasteiger partial charge in [0.2, 0.25) is 0 Å². The molecule has 0 radical (unpaired) electrons. The van der Waals surface area contributed by atoms with Gasteiger partial charge < -0.3 is 4.74 Å². The molecule has 94 valence electrons. The zero-order chi connectivity index (χ0) is 12.1. The van der Waals surface area contributed by atoms with Crippen LogP contribution in [0.15, 0.2) is 18.2 Å². The minimum Gasteiger partial charge on any atom is -0.493 e. The minimum absolute atomic E-state index is 0.878. The lowest BCUT2D eigenvalue weighted by atomic mass is 10.0. The number of hydrogen-bond donors (Lipinski definition) is 0. The summed E-state index contributed by atoms with van der Waals surface area (Å²) in [4.78, 5) is 2.48. The molecule has 2 nitrogen and oxygen atoms in total. The van der Waals surface area contributed by atoms with Gasteiger partial charge in [-0.25, -0.2) is 0 Å². The highest BCUT2D eigenvalue weighted by Gasteiger charge is 2.11. The van der Waals surface area contributed by atoms with Crippen LogP contribution in [0, 0.1) is 0 Å². The van der Waals surface area contributed by atoms with Crippen molar-refractivity contribution in [3.8, 4) is 5.75 Å². The van der Waals surface area contributed by atoms with E-state index in [4.69, 9.17) is 4.74 Å². The van der Waals surface area contributed by atoms with E-state index in [0.29, 0.717) is 0 Å². The Kier molecular flexibility index (Phi) is 4.43. The number of rotatable bonds is 5. The average molecular weight is 233 g/mol. The van der Waals surface area contributed by atoms with Gasteiger partial charge in [-0.2, -0.15) is 0 Å². The lowest BCUT2D eigenvalue weighted by molar-refractivity contribution is 0.275. The molecule has 2 rings (SSSR count). The molecule has 1 aliphatic rings. The fraction of sp³-hybridized carbons (Fsp3) is 0.600. The molecule has 0 aromatic heterocycles. The number of nitrogens with zero attached hydrogens (tertiary/aromatic N) is 1. The Bertz CT molecular complexity index is 362. The summed E-state index contributed by atoms with van der Waals surface area (Å²) in [5.41, 5.74) is 2.75. The second-order valence-electron chi connectivity index (χ2n) is 4.76. The third-order valence-electron chi connectivity index (χ3n) is 3.37. The lowest BCUT2D eigenvalue weighted by Gasteiger charge is -2.22. The number of ether oxygens (including phenoxy) is 1. The molecule has 0 saturated heterocycles. The summed E-state index contributed by atoms with van der Waals surface area (Å²) in [6.07, 6.45) is 3.54. The van der Waals surface area contributed by atoms with E-state index in [1.165, 1.54) is 30.5 Å². The van der Waals surface area contributed by atoms with Crippen molar-refractivity contribution in [3.63, 3.8) is 0 Å². The van der Waals surface area contributed by atoms with Crippen molar-refractivity contribution in [1.29, 1.82) is 0 Å². The molecule has 2 heteroatoms. The zero-order valence-corrected chi connectivity index (χ0v) is 11.0. The molecule has 17 heavy (non-hydrogen) atoms. The summed E-state index contributed by atoms with van der Waals surface area (Å²) in [5.74, 6) is 1.11. The molecule has 0 amide bonds. The molecule has 1 aromatic rings. The third-order valence-corrected chi connectivity index (χ3v) is 3.37. The third kappa shape index (κ3) is 3.22. The molecule has 1 aliphatic heterocycles. The standard InChI is InChI=1S/C15H23NO/c1-3-9-16(4-2)12-13-7-8-14-6-5-10-17-15(14)11-13/h7-8,11H,3-6,9-10,12H2,1-2H3. The highest BCUT2D eigenvalue weighted by Crippen LogP contribution is 2.26. The van der Waals surface area contributed by atoms with Gasteiger partial charge in [0.1, 0.15) is 5.75 Å². The van der Waals surface area contributed by atoms with Crippen molar-refractivity contribution in [2.24, 2.45) is 0 Å². The van der Waals surface area contributed by atoms with Crippen molar-refractivity contribution >= 4 is 0 Å². The molecule has 0 N–H and O–H groups in total. The van der Waals surface area contributed by atoms with Gasteiger partial charge in [-0.3, -0.25) is 4.90 Å². The Labute approximate surface area is 105 Å². The minimum atomic E-state index is 0.878. The first-order valence-corrected chi connectivity index (χ1v) is 6.80. The second kappa shape index (κ2) is 6.06. The Morgan fingerprint density at radius 2 is 2.18 bits per heavy atom. The Balaban J connectivity index is 2.05. The summed E-state index contributed by atoms with van der Waals surface area (Å²) in [6.45, 7) is 8.67. The maximum absolute atomic E-state index is 5.72. The largest absolute Gasteiger partial charge is 0.493 e. The van der Waals surface area contributed by atoms with Crippen LogP contribution in [0.1, 0.15) is 37.8 Å². The highest BCUT2D eigenvalue weighted by atomic mass is 16.5. The van der Waals surface area contributed by atoms with E-state index < -0.39 is 0 Å². The van der Waals surface area contributed by atoms with Gasteiger partial charge in [-0.15, -0.1) is 0 Å². The van der Waals surface area contributed by atoms with Crippen LogP contribution in [-0.2, 0) is 13.0 Å². The van der Waals surface area contributed by atoms with Crippen molar-refractivity contribution in [2.75, 3.05) is 19.7 Å². The van der Waals surface area contributed by atoms with Gasteiger partial charge in [0.05, 0.1) is 6.61 Å². The number of aryl methyl sites for hydroxylation is 1. The second-order valence-corrected chi connectivity index (χ2v) is 4.76. The van der Waals surface area contributed by atoms with Gasteiger partial charge in [0.25, 0.3) is 0 Å². The first kappa shape index (κ1) is 12.4. The van der Waals surface area contributed by atoms with Gasteiger partial charge in [-0.1, -0.05) is 26.0 Å². The first-order chi connectivity index (χ1) is 8.33. The van der Waals surface area contributed by atoms with Crippen LogP contribution >= 0.6 is 0 Å². The maximum Gasteiger partial charge on any atom is 0.122 e. The fourth-order valence-electron chi connectivity index (χ4n) is 2.41. The monoisotopic (exact) mass is 233 g/mol. The molecule has 0 unspecified atom stereocenters. The van der Waals surface area contributed by atoms with Crippen LogP contribution in [-0.4, -0.2) is 24.6 Å². The van der Waals surface area contributed by atoms with Crippen molar-refractivity contribution in [1.82, 2.24) is 4.90 Å². The topological polar surface area (TPSA) is 12.5 Å². The predicted octanol–water partition coefficient (Wildman–Crippen LogP) is 3.24. The first-order valence-electron chi connectivity index (χ1n) is 6.80. The molecule has 1 heterocycles. The Morgan fingerprint density at radius 3 is 2.94 bits per heavy atom. The molecule has 0 saturated carbocycles. The average Bonchev–Trinajstić information content (AvgIpc) is 2.38. The molecule has 0 spiro atoms.